The lowest BCUT2D eigenvalue weighted by Crippen LogP contribution is -2.37. The lowest BCUT2D eigenvalue weighted by Gasteiger charge is -2.30. The van der Waals surface area contributed by atoms with Gasteiger partial charge in [0.15, 0.2) is 0 Å². The first-order valence-electron chi connectivity index (χ1n) is 7.50. The summed E-state index contributed by atoms with van der Waals surface area (Å²) in [4.78, 5) is 4.79. The summed E-state index contributed by atoms with van der Waals surface area (Å²) in [6.45, 7) is 7.04. The number of nitrogens with two attached hydrogens (primary N) is 1. The van der Waals surface area contributed by atoms with Crippen molar-refractivity contribution in [2.45, 2.75) is 25.8 Å². The molecule has 0 radical (unpaired) electrons. The van der Waals surface area contributed by atoms with E-state index in [1.54, 1.807) is 6.07 Å². The molecule has 1 aliphatic heterocycles. The quantitative estimate of drug-likeness (QED) is 0.866. The average Bonchev–Trinajstić information content (AvgIpc) is 2.93. The molecule has 0 saturated carbocycles. The molecule has 0 aliphatic carbocycles. The molecule has 1 unspecified atom stereocenters. The second-order valence-corrected chi connectivity index (χ2v) is 5.78. The molecule has 1 aromatic carbocycles. The van der Waals surface area contributed by atoms with Gasteiger partial charge in [0, 0.05) is 25.7 Å². The summed E-state index contributed by atoms with van der Waals surface area (Å²) in [5.74, 6) is -0.179. The molecule has 0 spiro atoms. The van der Waals surface area contributed by atoms with Crippen molar-refractivity contribution >= 4 is 0 Å². The van der Waals surface area contributed by atoms with Crippen LogP contribution in [0.25, 0.3) is 0 Å². The predicted octanol–water partition coefficient (Wildman–Crippen LogP) is 2.16. The Labute approximate surface area is 121 Å². The number of aryl methyl sites for hydroxylation is 1. The summed E-state index contributed by atoms with van der Waals surface area (Å²) in [5.41, 5.74) is 8.06. The van der Waals surface area contributed by atoms with Crippen LogP contribution >= 0.6 is 0 Å². The van der Waals surface area contributed by atoms with Gasteiger partial charge < -0.3 is 10.6 Å². The van der Waals surface area contributed by atoms with Gasteiger partial charge in [-0.15, -0.1) is 0 Å². The van der Waals surface area contributed by atoms with Crippen LogP contribution in [0.3, 0.4) is 0 Å². The zero-order valence-corrected chi connectivity index (χ0v) is 12.6. The van der Waals surface area contributed by atoms with Gasteiger partial charge in [0.05, 0.1) is 0 Å². The first-order chi connectivity index (χ1) is 9.61. The van der Waals surface area contributed by atoms with Crippen molar-refractivity contribution in [2.75, 3.05) is 39.8 Å². The van der Waals surface area contributed by atoms with Crippen molar-refractivity contribution in [3.63, 3.8) is 0 Å². The average molecular weight is 279 g/mol. The summed E-state index contributed by atoms with van der Waals surface area (Å²) in [6.07, 6.45) is 2.64. The molecule has 2 N–H and O–H groups in total. The van der Waals surface area contributed by atoms with Crippen molar-refractivity contribution in [1.82, 2.24) is 9.80 Å². The standard InChI is InChI=1S/C16H26FN3/c1-13-11-14(17)5-6-15(13)16(12-18)19(2)9-10-20-7-3-4-8-20/h5-6,11,16H,3-4,7-10,12,18H2,1-2H3. The Morgan fingerprint density at radius 2 is 2.05 bits per heavy atom. The molecule has 20 heavy (non-hydrogen) atoms. The summed E-state index contributed by atoms with van der Waals surface area (Å²) < 4.78 is 13.2. The van der Waals surface area contributed by atoms with Crippen LogP contribution in [-0.2, 0) is 0 Å². The van der Waals surface area contributed by atoms with Crippen LogP contribution in [-0.4, -0.2) is 49.6 Å². The number of benzene rings is 1. The minimum atomic E-state index is -0.179. The van der Waals surface area contributed by atoms with Crippen molar-refractivity contribution in [1.29, 1.82) is 0 Å². The third-order valence-corrected chi connectivity index (χ3v) is 4.31. The number of likely N-dealkylation sites (tertiary alicyclic amines) is 1. The maximum Gasteiger partial charge on any atom is 0.123 e. The lowest BCUT2D eigenvalue weighted by molar-refractivity contribution is 0.209. The largest absolute Gasteiger partial charge is 0.329 e. The van der Waals surface area contributed by atoms with Crippen LogP contribution in [0.2, 0.25) is 0 Å². The summed E-state index contributed by atoms with van der Waals surface area (Å²) in [7, 11) is 2.11. The van der Waals surface area contributed by atoms with Crippen molar-refractivity contribution in [3.05, 3.63) is 35.1 Å². The Morgan fingerprint density at radius 1 is 1.35 bits per heavy atom. The fraction of sp³-hybridized carbons (Fsp3) is 0.625. The number of hydrogen-bond acceptors (Lipinski definition) is 3. The fourth-order valence-corrected chi connectivity index (χ4v) is 3.02. The van der Waals surface area contributed by atoms with Crippen molar-refractivity contribution in [2.24, 2.45) is 5.73 Å². The fourth-order valence-electron chi connectivity index (χ4n) is 3.02. The van der Waals surface area contributed by atoms with Gasteiger partial charge in [0.1, 0.15) is 5.82 Å². The van der Waals surface area contributed by atoms with Crippen molar-refractivity contribution in [3.8, 4) is 0 Å². The molecule has 112 valence electrons. The normalized spacial score (nSPS) is 17.9. The Hall–Kier alpha value is -0.970. The second kappa shape index (κ2) is 7.16. The van der Waals surface area contributed by atoms with Gasteiger partial charge in [-0.1, -0.05) is 6.07 Å². The van der Waals surface area contributed by atoms with Gasteiger partial charge in [-0.05, 0) is 63.2 Å². The highest BCUT2D eigenvalue weighted by molar-refractivity contribution is 5.29. The van der Waals surface area contributed by atoms with E-state index in [9.17, 15) is 4.39 Å². The minimum absolute atomic E-state index is 0.165. The molecular weight excluding hydrogens is 253 g/mol. The number of nitrogens with zero attached hydrogens (tertiary/aromatic N) is 2. The van der Waals surface area contributed by atoms with Crippen LogP contribution in [0.5, 0.6) is 0 Å². The van der Waals surface area contributed by atoms with Gasteiger partial charge in [0.25, 0.3) is 0 Å². The highest BCUT2D eigenvalue weighted by Gasteiger charge is 2.19. The molecule has 0 aromatic heterocycles. The minimum Gasteiger partial charge on any atom is -0.329 e. The van der Waals surface area contributed by atoms with E-state index in [0.717, 1.165) is 24.2 Å². The molecule has 1 saturated heterocycles. The van der Waals surface area contributed by atoms with Gasteiger partial charge in [0.2, 0.25) is 0 Å². The molecule has 1 aliphatic rings. The van der Waals surface area contributed by atoms with E-state index in [-0.39, 0.29) is 11.9 Å². The highest BCUT2D eigenvalue weighted by atomic mass is 19.1. The molecule has 0 amide bonds. The van der Waals surface area contributed by atoms with Crippen LogP contribution in [0.15, 0.2) is 18.2 Å². The topological polar surface area (TPSA) is 32.5 Å². The Morgan fingerprint density at radius 3 is 2.65 bits per heavy atom. The highest BCUT2D eigenvalue weighted by Crippen LogP contribution is 2.22. The summed E-state index contributed by atoms with van der Waals surface area (Å²) in [5, 5.41) is 0. The van der Waals surface area contributed by atoms with Crippen LogP contribution < -0.4 is 5.73 Å². The molecule has 3 nitrogen and oxygen atoms in total. The van der Waals surface area contributed by atoms with Crippen LogP contribution in [0.4, 0.5) is 4.39 Å². The molecule has 2 rings (SSSR count). The monoisotopic (exact) mass is 279 g/mol. The number of rotatable bonds is 6. The van der Waals surface area contributed by atoms with E-state index in [1.807, 2.05) is 13.0 Å². The molecule has 4 heteroatoms. The second-order valence-electron chi connectivity index (χ2n) is 5.78. The smallest absolute Gasteiger partial charge is 0.123 e. The third-order valence-electron chi connectivity index (χ3n) is 4.31. The third kappa shape index (κ3) is 3.78. The number of hydrogen-bond donors (Lipinski definition) is 1. The van der Waals surface area contributed by atoms with Crippen LogP contribution in [0, 0.1) is 12.7 Å². The predicted molar refractivity (Wildman–Crippen MR) is 81.2 cm³/mol. The molecule has 1 heterocycles. The number of halogens is 1. The molecule has 1 atom stereocenters. The molecule has 0 bridgehead atoms. The number of likely N-dealkylation sites (N-methyl/N-ethyl adjacent to an activating group) is 1. The van der Waals surface area contributed by atoms with Crippen molar-refractivity contribution < 1.29 is 4.39 Å². The summed E-state index contributed by atoms with van der Waals surface area (Å²) in [6, 6.07) is 5.15. The molecular formula is C16H26FN3. The Kier molecular flexibility index (Phi) is 5.52. The molecule has 1 aromatic rings. The maximum atomic E-state index is 13.2. The van der Waals surface area contributed by atoms with Gasteiger partial charge in [-0.25, -0.2) is 4.39 Å². The van der Waals surface area contributed by atoms with E-state index < -0.39 is 0 Å². The Balaban J connectivity index is 1.98. The van der Waals surface area contributed by atoms with Gasteiger partial charge in [-0.3, -0.25) is 4.90 Å². The summed E-state index contributed by atoms with van der Waals surface area (Å²) >= 11 is 0. The van der Waals surface area contributed by atoms with Gasteiger partial charge >= 0.3 is 0 Å². The van der Waals surface area contributed by atoms with E-state index in [1.165, 1.54) is 32.0 Å². The van der Waals surface area contributed by atoms with E-state index in [2.05, 4.69) is 16.8 Å². The van der Waals surface area contributed by atoms with E-state index >= 15 is 0 Å². The zero-order valence-electron chi connectivity index (χ0n) is 12.6. The van der Waals surface area contributed by atoms with E-state index in [4.69, 9.17) is 5.73 Å². The molecule has 1 fully saturated rings. The SMILES string of the molecule is Cc1cc(F)ccc1C(CN)N(C)CCN1CCCC1. The van der Waals surface area contributed by atoms with E-state index in [0.29, 0.717) is 6.54 Å². The van der Waals surface area contributed by atoms with Crippen LogP contribution in [0.1, 0.15) is 30.0 Å². The zero-order chi connectivity index (χ0) is 14.5. The van der Waals surface area contributed by atoms with Gasteiger partial charge in [-0.2, -0.15) is 0 Å². The lowest BCUT2D eigenvalue weighted by atomic mass is 10.00. The first kappa shape index (κ1) is 15.4. The first-order valence-corrected chi connectivity index (χ1v) is 7.50. The Bertz CT molecular complexity index is 430. The maximum absolute atomic E-state index is 13.2.